The molecule has 2 heterocycles. The minimum absolute atomic E-state index is 0.0209. The predicted octanol–water partition coefficient (Wildman–Crippen LogP) is 1.18. The van der Waals surface area contributed by atoms with E-state index in [1.54, 1.807) is 0 Å². The van der Waals surface area contributed by atoms with Crippen LogP contribution in [0.1, 0.15) is 44.5 Å². The highest BCUT2D eigenvalue weighted by molar-refractivity contribution is 5.77. The monoisotopic (exact) mass is 273 g/mol. The van der Waals surface area contributed by atoms with Gasteiger partial charge in [0.2, 0.25) is 5.91 Å². The summed E-state index contributed by atoms with van der Waals surface area (Å²) in [5, 5.41) is 11.2. The summed E-state index contributed by atoms with van der Waals surface area (Å²) in [5.41, 5.74) is 6.58. The van der Waals surface area contributed by atoms with Crippen LogP contribution in [-0.4, -0.2) is 26.0 Å². The molecule has 2 aromatic rings. The van der Waals surface area contributed by atoms with E-state index in [1.165, 1.54) is 0 Å². The molecule has 1 saturated carbocycles. The summed E-state index contributed by atoms with van der Waals surface area (Å²) in [5.74, 6) is 0.709. The number of carbonyl (C=O) groups is 1. The van der Waals surface area contributed by atoms with Crippen molar-refractivity contribution in [1.82, 2.24) is 19.9 Å². The average Bonchev–Trinajstić information content (AvgIpc) is 2.80. The summed E-state index contributed by atoms with van der Waals surface area (Å²) in [6.07, 6.45) is 5.26. The Hall–Kier alpha value is -1.95. The lowest BCUT2D eigenvalue weighted by molar-refractivity contribution is -0.123. The highest BCUT2D eigenvalue weighted by Gasteiger charge is 2.35. The first kappa shape index (κ1) is 13.1. The van der Waals surface area contributed by atoms with Gasteiger partial charge in [0, 0.05) is 18.2 Å². The van der Waals surface area contributed by atoms with Crippen molar-refractivity contribution in [3.8, 4) is 0 Å². The molecule has 6 nitrogen and oxygen atoms in total. The molecule has 3 N–H and O–H groups in total. The Balaban J connectivity index is 1.69. The Labute approximate surface area is 117 Å². The third-order valence-electron chi connectivity index (χ3n) is 3.97. The molecule has 20 heavy (non-hydrogen) atoms. The SMILES string of the molecule is CC(NC(=O)CC1(N)CCC1)c1nnc2ccccn12. The maximum absolute atomic E-state index is 12.0. The molecular formula is C14H19N5O. The van der Waals surface area contributed by atoms with Gasteiger partial charge in [-0.25, -0.2) is 0 Å². The van der Waals surface area contributed by atoms with E-state index in [0.29, 0.717) is 6.42 Å². The molecule has 106 valence electrons. The Morgan fingerprint density at radius 3 is 3.00 bits per heavy atom. The van der Waals surface area contributed by atoms with Crippen molar-refractivity contribution in [2.45, 2.75) is 44.2 Å². The smallest absolute Gasteiger partial charge is 0.222 e. The van der Waals surface area contributed by atoms with Crippen LogP contribution in [0, 0.1) is 0 Å². The van der Waals surface area contributed by atoms with Crippen LogP contribution < -0.4 is 11.1 Å². The quantitative estimate of drug-likeness (QED) is 0.876. The standard InChI is InChI=1S/C14H19N5O/c1-10(16-12(20)9-14(15)6-4-7-14)13-18-17-11-5-2-3-8-19(11)13/h2-3,5,8,10H,4,6-7,9,15H2,1H3,(H,16,20). The lowest BCUT2D eigenvalue weighted by atomic mass is 9.75. The molecule has 0 bridgehead atoms. The third kappa shape index (κ3) is 2.38. The number of fused-ring (bicyclic) bond motifs is 1. The second kappa shape index (κ2) is 4.86. The first-order valence-corrected chi connectivity index (χ1v) is 6.95. The normalized spacial score (nSPS) is 18.5. The molecule has 1 atom stereocenters. The predicted molar refractivity (Wildman–Crippen MR) is 74.9 cm³/mol. The van der Waals surface area contributed by atoms with Gasteiger partial charge in [0.15, 0.2) is 11.5 Å². The van der Waals surface area contributed by atoms with E-state index in [2.05, 4.69) is 15.5 Å². The van der Waals surface area contributed by atoms with E-state index >= 15 is 0 Å². The van der Waals surface area contributed by atoms with Crippen LogP contribution in [0.5, 0.6) is 0 Å². The molecule has 0 aromatic carbocycles. The van der Waals surface area contributed by atoms with Gasteiger partial charge in [-0.15, -0.1) is 10.2 Å². The molecule has 1 unspecified atom stereocenters. The number of amides is 1. The van der Waals surface area contributed by atoms with Crippen LogP contribution in [0.25, 0.3) is 5.65 Å². The minimum Gasteiger partial charge on any atom is -0.346 e. The van der Waals surface area contributed by atoms with Crippen LogP contribution in [0.4, 0.5) is 0 Å². The molecule has 1 fully saturated rings. The van der Waals surface area contributed by atoms with Crippen molar-refractivity contribution < 1.29 is 4.79 Å². The second-order valence-corrected chi connectivity index (χ2v) is 5.67. The van der Waals surface area contributed by atoms with Crippen molar-refractivity contribution >= 4 is 11.6 Å². The van der Waals surface area contributed by atoms with E-state index in [4.69, 9.17) is 5.73 Å². The number of carbonyl (C=O) groups excluding carboxylic acids is 1. The van der Waals surface area contributed by atoms with Crippen LogP contribution in [-0.2, 0) is 4.79 Å². The van der Waals surface area contributed by atoms with Gasteiger partial charge in [0.25, 0.3) is 0 Å². The highest BCUT2D eigenvalue weighted by Crippen LogP contribution is 2.32. The van der Waals surface area contributed by atoms with Crippen molar-refractivity contribution in [2.24, 2.45) is 5.73 Å². The summed E-state index contributed by atoms with van der Waals surface area (Å²) < 4.78 is 1.88. The molecule has 1 aliphatic carbocycles. The Morgan fingerprint density at radius 2 is 2.30 bits per heavy atom. The van der Waals surface area contributed by atoms with Crippen molar-refractivity contribution in [3.63, 3.8) is 0 Å². The number of rotatable bonds is 4. The maximum atomic E-state index is 12.0. The molecule has 0 spiro atoms. The van der Waals surface area contributed by atoms with Crippen LogP contribution >= 0.6 is 0 Å². The zero-order valence-corrected chi connectivity index (χ0v) is 11.5. The second-order valence-electron chi connectivity index (χ2n) is 5.67. The Bertz CT molecular complexity index is 631. The molecule has 1 aliphatic rings. The fourth-order valence-electron chi connectivity index (χ4n) is 2.64. The molecule has 0 radical (unpaired) electrons. The summed E-state index contributed by atoms with van der Waals surface area (Å²) >= 11 is 0. The van der Waals surface area contributed by atoms with E-state index in [0.717, 1.165) is 30.7 Å². The molecule has 2 aromatic heterocycles. The van der Waals surface area contributed by atoms with Gasteiger partial charge in [-0.1, -0.05) is 6.07 Å². The number of nitrogens with one attached hydrogen (secondary N) is 1. The van der Waals surface area contributed by atoms with Gasteiger partial charge in [0.05, 0.1) is 6.04 Å². The van der Waals surface area contributed by atoms with Crippen LogP contribution in [0.15, 0.2) is 24.4 Å². The van der Waals surface area contributed by atoms with Gasteiger partial charge in [-0.3, -0.25) is 9.20 Å². The number of aromatic nitrogens is 3. The zero-order chi connectivity index (χ0) is 14.2. The van der Waals surface area contributed by atoms with Crippen LogP contribution in [0.2, 0.25) is 0 Å². The lowest BCUT2D eigenvalue weighted by Crippen LogP contribution is -2.50. The van der Waals surface area contributed by atoms with E-state index in [-0.39, 0.29) is 17.5 Å². The first-order chi connectivity index (χ1) is 9.57. The lowest BCUT2D eigenvalue weighted by Gasteiger charge is -2.37. The summed E-state index contributed by atoms with van der Waals surface area (Å²) in [6.45, 7) is 1.91. The fourth-order valence-corrected chi connectivity index (χ4v) is 2.64. The van der Waals surface area contributed by atoms with E-state index in [9.17, 15) is 4.79 Å². The summed E-state index contributed by atoms with van der Waals surface area (Å²) in [4.78, 5) is 12.0. The Kier molecular flexibility index (Phi) is 3.17. The van der Waals surface area contributed by atoms with Crippen molar-refractivity contribution in [2.75, 3.05) is 0 Å². The zero-order valence-electron chi connectivity index (χ0n) is 11.5. The number of pyridine rings is 1. The van der Waals surface area contributed by atoms with E-state index in [1.807, 2.05) is 35.7 Å². The average molecular weight is 273 g/mol. The molecule has 3 rings (SSSR count). The molecular weight excluding hydrogens is 254 g/mol. The number of nitrogens with two attached hydrogens (primary N) is 1. The molecule has 6 heteroatoms. The Morgan fingerprint density at radius 1 is 1.50 bits per heavy atom. The molecule has 1 amide bonds. The summed E-state index contributed by atoms with van der Waals surface area (Å²) in [7, 11) is 0. The van der Waals surface area contributed by atoms with Crippen molar-refractivity contribution in [1.29, 1.82) is 0 Å². The number of nitrogens with zero attached hydrogens (tertiary/aromatic N) is 3. The van der Waals surface area contributed by atoms with Gasteiger partial charge < -0.3 is 11.1 Å². The maximum Gasteiger partial charge on any atom is 0.222 e. The minimum atomic E-state index is -0.295. The molecule has 0 saturated heterocycles. The first-order valence-electron chi connectivity index (χ1n) is 6.95. The van der Waals surface area contributed by atoms with Gasteiger partial charge in [-0.2, -0.15) is 0 Å². The topological polar surface area (TPSA) is 85.3 Å². The largest absolute Gasteiger partial charge is 0.346 e. The third-order valence-corrected chi connectivity index (χ3v) is 3.97. The highest BCUT2D eigenvalue weighted by atomic mass is 16.1. The van der Waals surface area contributed by atoms with Gasteiger partial charge in [-0.05, 0) is 38.3 Å². The van der Waals surface area contributed by atoms with Crippen LogP contribution in [0.3, 0.4) is 0 Å². The van der Waals surface area contributed by atoms with Gasteiger partial charge >= 0.3 is 0 Å². The number of hydrogen-bond acceptors (Lipinski definition) is 4. The van der Waals surface area contributed by atoms with E-state index < -0.39 is 0 Å². The van der Waals surface area contributed by atoms with Crippen molar-refractivity contribution in [3.05, 3.63) is 30.2 Å². The summed E-state index contributed by atoms with van der Waals surface area (Å²) in [6, 6.07) is 5.51. The van der Waals surface area contributed by atoms with Gasteiger partial charge in [0.1, 0.15) is 0 Å². The molecule has 0 aliphatic heterocycles. The fraction of sp³-hybridized carbons (Fsp3) is 0.500. The number of hydrogen-bond donors (Lipinski definition) is 2.